The third kappa shape index (κ3) is 3.59. The number of ether oxygens (including phenoxy) is 1. The Morgan fingerprint density at radius 2 is 2.17 bits per heavy atom. The third-order valence-corrected chi connectivity index (χ3v) is 3.54. The highest BCUT2D eigenvalue weighted by Crippen LogP contribution is 2.32. The van der Waals surface area contributed by atoms with Crippen molar-refractivity contribution in [3.8, 4) is 5.88 Å². The summed E-state index contributed by atoms with van der Waals surface area (Å²) in [5.74, 6) is 0.477. The van der Waals surface area contributed by atoms with Gasteiger partial charge in [-0.2, -0.15) is 4.98 Å². The van der Waals surface area contributed by atoms with Crippen molar-refractivity contribution in [1.82, 2.24) is 4.98 Å². The van der Waals surface area contributed by atoms with Crippen molar-refractivity contribution in [3.05, 3.63) is 47.3 Å². The van der Waals surface area contributed by atoms with E-state index >= 15 is 0 Å². The predicted octanol–water partition coefficient (Wildman–Crippen LogP) is 2.96. The van der Waals surface area contributed by atoms with Gasteiger partial charge >= 0.3 is 0 Å². The van der Waals surface area contributed by atoms with Gasteiger partial charge in [0.25, 0.3) is 0 Å². The van der Waals surface area contributed by atoms with Crippen LogP contribution in [0, 0.1) is 5.82 Å². The Balaban J connectivity index is 1.96. The number of pyridine rings is 1. The summed E-state index contributed by atoms with van der Waals surface area (Å²) in [6, 6.07) is 8.39. The summed E-state index contributed by atoms with van der Waals surface area (Å²) in [6.45, 7) is 3.98. The number of rotatable bonds is 3. The van der Waals surface area contributed by atoms with Gasteiger partial charge in [0.05, 0.1) is 11.7 Å². The fourth-order valence-electron chi connectivity index (χ4n) is 2.49. The maximum Gasteiger partial charge on any atom is 0.239 e. The van der Waals surface area contributed by atoms with Crippen LogP contribution >= 0.6 is 0 Å². The highest BCUT2D eigenvalue weighted by molar-refractivity contribution is 5.89. The second-order valence-corrected chi connectivity index (χ2v) is 5.69. The molecule has 0 radical (unpaired) electrons. The monoisotopic (exact) mass is 315 g/mol. The average Bonchev–Trinajstić information content (AvgIpc) is 2.50. The maximum atomic E-state index is 13.0. The Morgan fingerprint density at radius 1 is 1.43 bits per heavy atom. The van der Waals surface area contributed by atoms with Crippen LogP contribution in [0.25, 0.3) is 0 Å². The van der Waals surface area contributed by atoms with Crippen molar-refractivity contribution in [2.24, 2.45) is 0 Å². The summed E-state index contributed by atoms with van der Waals surface area (Å²) < 4.78 is 18.7. The number of halogens is 1. The van der Waals surface area contributed by atoms with Gasteiger partial charge in [-0.3, -0.25) is 4.79 Å². The lowest BCUT2D eigenvalue weighted by molar-refractivity contribution is -0.114. The molecule has 1 aliphatic heterocycles. The molecule has 3 rings (SSSR count). The van der Waals surface area contributed by atoms with Gasteiger partial charge in [-0.05, 0) is 30.7 Å². The largest absolute Gasteiger partial charge is 0.474 e. The predicted molar refractivity (Wildman–Crippen MR) is 86.3 cm³/mol. The number of aromatic nitrogens is 1. The molecule has 1 aromatic heterocycles. The molecular weight excluding hydrogens is 297 g/mol. The minimum absolute atomic E-state index is 0.189. The van der Waals surface area contributed by atoms with E-state index in [4.69, 9.17) is 4.74 Å². The Bertz CT molecular complexity index is 731. The van der Waals surface area contributed by atoms with E-state index in [-0.39, 0.29) is 17.8 Å². The first kappa shape index (κ1) is 15.3. The molecule has 1 aliphatic rings. The van der Waals surface area contributed by atoms with Gasteiger partial charge in [-0.15, -0.1) is 0 Å². The van der Waals surface area contributed by atoms with Crippen LogP contribution in [0.3, 0.4) is 0 Å². The number of nitrogens with one attached hydrogen (secondary N) is 2. The van der Waals surface area contributed by atoms with Crippen molar-refractivity contribution < 1.29 is 13.9 Å². The molecule has 1 aromatic carbocycles. The molecule has 1 atom stereocenters. The topological polar surface area (TPSA) is 63.2 Å². The van der Waals surface area contributed by atoms with Crippen molar-refractivity contribution in [3.63, 3.8) is 0 Å². The number of carbonyl (C=O) groups is 1. The van der Waals surface area contributed by atoms with Crippen molar-refractivity contribution in [2.75, 3.05) is 17.2 Å². The number of amides is 1. The second kappa shape index (κ2) is 6.24. The van der Waals surface area contributed by atoms with E-state index in [1.165, 1.54) is 19.1 Å². The number of fused-ring (bicyclic) bond motifs is 1. The van der Waals surface area contributed by atoms with E-state index in [9.17, 15) is 9.18 Å². The van der Waals surface area contributed by atoms with E-state index in [1.807, 2.05) is 13.0 Å². The summed E-state index contributed by atoms with van der Waals surface area (Å²) in [7, 11) is 0. The van der Waals surface area contributed by atoms with Gasteiger partial charge in [-0.25, -0.2) is 4.39 Å². The molecule has 0 saturated carbocycles. The van der Waals surface area contributed by atoms with E-state index in [0.29, 0.717) is 24.7 Å². The van der Waals surface area contributed by atoms with Gasteiger partial charge < -0.3 is 15.4 Å². The van der Waals surface area contributed by atoms with Crippen molar-refractivity contribution in [1.29, 1.82) is 0 Å². The van der Waals surface area contributed by atoms with Gasteiger partial charge in [-0.1, -0.05) is 12.1 Å². The zero-order valence-electron chi connectivity index (χ0n) is 13.0. The lowest BCUT2D eigenvalue weighted by Crippen LogP contribution is -2.29. The molecule has 5 nitrogen and oxygen atoms in total. The number of hydrogen-bond acceptors (Lipinski definition) is 4. The van der Waals surface area contributed by atoms with Gasteiger partial charge in [0, 0.05) is 18.9 Å². The lowest BCUT2D eigenvalue weighted by atomic mass is 10.0. The molecular formula is C17H18FN3O2. The second-order valence-electron chi connectivity index (χ2n) is 5.69. The molecule has 0 saturated heterocycles. The minimum Gasteiger partial charge on any atom is -0.474 e. The summed E-state index contributed by atoms with van der Waals surface area (Å²) in [5, 5.41) is 6.05. The van der Waals surface area contributed by atoms with E-state index in [1.54, 1.807) is 12.1 Å². The first-order chi connectivity index (χ1) is 11.0. The zero-order chi connectivity index (χ0) is 16.4. The molecule has 0 bridgehead atoms. The Hall–Kier alpha value is -2.63. The number of carbonyl (C=O) groups excluding carboxylic acids is 1. The number of hydrogen-bond donors (Lipinski definition) is 2. The molecule has 1 amide bonds. The van der Waals surface area contributed by atoms with Crippen molar-refractivity contribution >= 4 is 17.4 Å². The maximum absolute atomic E-state index is 13.0. The van der Waals surface area contributed by atoms with Crippen LogP contribution in [0.5, 0.6) is 5.88 Å². The van der Waals surface area contributed by atoms with Gasteiger partial charge in [0.1, 0.15) is 18.2 Å². The Kier molecular flexibility index (Phi) is 4.14. The summed E-state index contributed by atoms with van der Waals surface area (Å²) in [4.78, 5) is 15.8. The van der Waals surface area contributed by atoms with Gasteiger partial charge in [0.2, 0.25) is 11.8 Å². The van der Waals surface area contributed by atoms with Crippen LogP contribution in [0.15, 0.2) is 30.3 Å². The first-order valence-corrected chi connectivity index (χ1v) is 7.46. The van der Waals surface area contributed by atoms with Crippen LogP contribution in [0.4, 0.5) is 15.9 Å². The zero-order valence-corrected chi connectivity index (χ0v) is 13.0. The van der Waals surface area contributed by atoms with Crippen LogP contribution < -0.4 is 15.4 Å². The fraction of sp³-hybridized carbons (Fsp3) is 0.294. The minimum atomic E-state index is -0.275. The van der Waals surface area contributed by atoms with Crippen molar-refractivity contribution in [2.45, 2.75) is 26.3 Å². The first-order valence-electron chi connectivity index (χ1n) is 7.46. The average molecular weight is 315 g/mol. The fourth-order valence-corrected chi connectivity index (χ4v) is 2.49. The molecule has 2 N–H and O–H groups in total. The van der Waals surface area contributed by atoms with Crippen LogP contribution in [-0.4, -0.2) is 23.5 Å². The highest BCUT2D eigenvalue weighted by atomic mass is 19.1. The quantitative estimate of drug-likeness (QED) is 0.914. The number of benzene rings is 1. The van der Waals surface area contributed by atoms with E-state index < -0.39 is 0 Å². The Morgan fingerprint density at radius 3 is 2.87 bits per heavy atom. The Labute approximate surface area is 133 Å². The summed E-state index contributed by atoms with van der Waals surface area (Å²) >= 11 is 0. The molecule has 2 heterocycles. The molecule has 2 aromatic rings. The van der Waals surface area contributed by atoms with E-state index in [2.05, 4.69) is 15.6 Å². The highest BCUT2D eigenvalue weighted by Gasteiger charge is 2.20. The summed E-state index contributed by atoms with van der Waals surface area (Å²) in [5.41, 5.74) is 2.58. The van der Waals surface area contributed by atoms with Crippen LogP contribution in [0.1, 0.15) is 25.0 Å². The molecule has 23 heavy (non-hydrogen) atoms. The smallest absolute Gasteiger partial charge is 0.239 e. The lowest BCUT2D eigenvalue weighted by Gasteiger charge is -2.25. The number of anilines is 2. The summed E-state index contributed by atoms with van der Waals surface area (Å²) in [6.07, 6.45) is 0.534. The van der Waals surface area contributed by atoms with Crippen LogP contribution in [-0.2, 0) is 11.2 Å². The molecule has 120 valence electrons. The third-order valence-electron chi connectivity index (χ3n) is 3.54. The molecule has 0 aliphatic carbocycles. The molecule has 0 fully saturated rings. The normalized spacial score (nSPS) is 16.0. The molecule has 0 unspecified atom stereocenters. The number of nitrogens with zero attached hydrogens (tertiary/aromatic N) is 1. The van der Waals surface area contributed by atoms with Gasteiger partial charge in [0.15, 0.2) is 0 Å². The van der Waals surface area contributed by atoms with Crippen LogP contribution in [0.2, 0.25) is 0 Å². The molecule has 0 spiro atoms. The standard InChI is InChI=1S/C17H18FN3O2/c1-10-9-23-17-15(19-10)8-13(16(21-17)20-11(2)22)7-12-3-5-14(18)6-4-12/h3-6,8,10,19H,7,9H2,1-2H3,(H,20,21,22)/t10-/m0/s1. The SMILES string of the molecule is CC(=O)Nc1nc2c(cc1Cc1ccc(F)cc1)N[C@@H](C)CO2. The van der Waals surface area contributed by atoms with E-state index in [0.717, 1.165) is 16.8 Å². The molecule has 6 heteroatoms.